The molecule has 0 aromatic carbocycles. The number of carbonyl (C=O) groups excluding carboxylic acids is 2. The number of amides is 3. The van der Waals surface area contributed by atoms with Gasteiger partial charge in [0.1, 0.15) is 0 Å². The molecule has 0 bridgehead atoms. The highest BCUT2D eigenvalue weighted by atomic mass is 16.2. The van der Waals surface area contributed by atoms with Gasteiger partial charge in [-0.25, -0.2) is 4.79 Å². The molecule has 5 nitrogen and oxygen atoms in total. The van der Waals surface area contributed by atoms with Crippen molar-refractivity contribution in [2.24, 2.45) is 11.1 Å². The third kappa shape index (κ3) is 2.76. The third-order valence-corrected chi connectivity index (χ3v) is 4.29. The Morgan fingerprint density at radius 2 is 1.94 bits per heavy atom. The number of rotatable bonds is 2. The Morgan fingerprint density at radius 3 is 2.50 bits per heavy atom. The molecule has 2 aliphatic rings. The van der Waals surface area contributed by atoms with Crippen LogP contribution in [0.1, 0.15) is 45.4 Å². The van der Waals surface area contributed by atoms with E-state index in [4.69, 9.17) is 5.73 Å². The summed E-state index contributed by atoms with van der Waals surface area (Å²) in [5.41, 5.74) is 4.83. The number of nitrogens with two attached hydrogens (primary N) is 1. The van der Waals surface area contributed by atoms with Crippen LogP contribution in [-0.4, -0.2) is 36.0 Å². The van der Waals surface area contributed by atoms with Gasteiger partial charge in [-0.3, -0.25) is 4.79 Å². The van der Waals surface area contributed by atoms with Gasteiger partial charge in [0.05, 0.1) is 5.41 Å². The molecule has 2 rings (SSSR count). The van der Waals surface area contributed by atoms with Crippen LogP contribution in [0.3, 0.4) is 0 Å². The highest BCUT2D eigenvalue weighted by molar-refractivity contribution is 5.83. The number of nitrogens with one attached hydrogen (secondary N) is 1. The minimum absolute atomic E-state index is 0.0353. The van der Waals surface area contributed by atoms with E-state index in [1.807, 2.05) is 6.92 Å². The Labute approximate surface area is 108 Å². The molecule has 0 radical (unpaired) electrons. The molecule has 18 heavy (non-hydrogen) atoms. The van der Waals surface area contributed by atoms with Crippen molar-refractivity contribution in [1.29, 1.82) is 0 Å². The van der Waals surface area contributed by atoms with Gasteiger partial charge in [0.25, 0.3) is 0 Å². The topological polar surface area (TPSA) is 75.4 Å². The van der Waals surface area contributed by atoms with Gasteiger partial charge in [-0.2, -0.15) is 0 Å². The quantitative estimate of drug-likeness (QED) is 0.776. The molecular formula is C13H23N3O2. The molecule has 1 saturated carbocycles. The first-order chi connectivity index (χ1) is 8.51. The number of hydrogen-bond donors (Lipinski definition) is 2. The molecular weight excluding hydrogens is 230 g/mol. The predicted octanol–water partition coefficient (Wildman–Crippen LogP) is 1.23. The van der Waals surface area contributed by atoms with Crippen molar-refractivity contribution >= 4 is 11.9 Å². The van der Waals surface area contributed by atoms with E-state index in [2.05, 4.69) is 5.32 Å². The molecule has 1 saturated heterocycles. The van der Waals surface area contributed by atoms with Crippen molar-refractivity contribution in [3.05, 3.63) is 0 Å². The molecule has 0 aromatic rings. The largest absolute Gasteiger partial charge is 0.369 e. The molecule has 0 aromatic heterocycles. The van der Waals surface area contributed by atoms with Crippen molar-refractivity contribution in [3.8, 4) is 0 Å². The van der Waals surface area contributed by atoms with Crippen LogP contribution in [0.2, 0.25) is 0 Å². The van der Waals surface area contributed by atoms with Crippen molar-refractivity contribution in [2.45, 2.75) is 51.5 Å². The maximum absolute atomic E-state index is 12.1. The number of urea groups is 1. The van der Waals surface area contributed by atoms with Gasteiger partial charge < -0.3 is 16.0 Å². The lowest BCUT2D eigenvalue weighted by Crippen LogP contribution is -2.46. The molecule has 0 spiro atoms. The van der Waals surface area contributed by atoms with Gasteiger partial charge in [0.15, 0.2) is 0 Å². The summed E-state index contributed by atoms with van der Waals surface area (Å²) >= 11 is 0. The lowest BCUT2D eigenvalue weighted by Gasteiger charge is -2.27. The van der Waals surface area contributed by atoms with E-state index in [9.17, 15) is 9.59 Å². The summed E-state index contributed by atoms with van der Waals surface area (Å²) in [6, 6.07) is 0.276. The summed E-state index contributed by atoms with van der Waals surface area (Å²) in [4.78, 5) is 25.2. The molecule has 1 atom stereocenters. The second-order valence-corrected chi connectivity index (χ2v) is 5.88. The number of nitrogens with zero attached hydrogens (tertiary/aromatic N) is 1. The van der Waals surface area contributed by atoms with Crippen LogP contribution in [0.15, 0.2) is 0 Å². The van der Waals surface area contributed by atoms with Crippen LogP contribution in [0, 0.1) is 5.41 Å². The van der Waals surface area contributed by atoms with Crippen molar-refractivity contribution in [3.63, 3.8) is 0 Å². The Bertz CT molecular complexity index is 339. The number of primary amides is 1. The third-order valence-electron chi connectivity index (χ3n) is 4.29. The molecule has 1 aliphatic heterocycles. The van der Waals surface area contributed by atoms with Crippen LogP contribution in [0.25, 0.3) is 0 Å². The fourth-order valence-corrected chi connectivity index (χ4v) is 2.85. The predicted molar refractivity (Wildman–Crippen MR) is 68.9 cm³/mol. The Kier molecular flexibility index (Phi) is 3.78. The lowest BCUT2D eigenvalue weighted by atomic mass is 9.89. The fourth-order valence-electron chi connectivity index (χ4n) is 2.85. The minimum atomic E-state index is -0.552. The monoisotopic (exact) mass is 253 g/mol. The maximum atomic E-state index is 12.1. The summed E-state index contributed by atoms with van der Waals surface area (Å²) in [5, 5.41) is 3.07. The molecule has 3 N–H and O–H groups in total. The van der Waals surface area contributed by atoms with Gasteiger partial charge in [0.2, 0.25) is 5.91 Å². The van der Waals surface area contributed by atoms with Crippen molar-refractivity contribution in [2.75, 3.05) is 13.1 Å². The average Bonchev–Trinajstić information content (AvgIpc) is 2.75. The lowest BCUT2D eigenvalue weighted by molar-refractivity contribution is -0.126. The Hall–Kier alpha value is -1.26. The number of hydrogen-bond acceptors (Lipinski definition) is 2. The van der Waals surface area contributed by atoms with Gasteiger partial charge in [-0.05, 0) is 26.2 Å². The molecule has 1 unspecified atom stereocenters. The Balaban J connectivity index is 1.85. The number of likely N-dealkylation sites (tertiary alicyclic amines) is 1. The summed E-state index contributed by atoms with van der Waals surface area (Å²) in [7, 11) is 0. The van der Waals surface area contributed by atoms with Crippen LogP contribution in [-0.2, 0) is 4.79 Å². The molecule has 2 fully saturated rings. The second kappa shape index (κ2) is 5.16. The van der Waals surface area contributed by atoms with Crippen LogP contribution in [0.5, 0.6) is 0 Å². The minimum Gasteiger partial charge on any atom is -0.369 e. The zero-order valence-corrected chi connectivity index (χ0v) is 11.1. The van der Waals surface area contributed by atoms with Crippen molar-refractivity contribution in [1.82, 2.24) is 10.2 Å². The van der Waals surface area contributed by atoms with Crippen LogP contribution in [0.4, 0.5) is 4.79 Å². The van der Waals surface area contributed by atoms with E-state index < -0.39 is 5.41 Å². The first-order valence-electron chi connectivity index (χ1n) is 6.87. The maximum Gasteiger partial charge on any atom is 0.317 e. The van der Waals surface area contributed by atoms with Crippen LogP contribution < -0.4 is 11.1 Å². The number of carbonyl (C=O) groups is 2. The van der Waals surface area contributed by atoms with E-state index in [0.29, 0.717) is 25.6 Å². The standard InChI is InChI=1S/C13H23N3O2/c1-13(11(14)17)7-8-16(9-13)12(18)15-10-5-3-2-4-6-10/h10H,2-9H2,1H3,(H2,14,17)(H,15,18). The summed E-state index contributed by atoms with van der Waals surface area (Å²) < 4.78 is 0. The first-order valence-corrected chi connectivity index (χ1v) is 6.87. The summed E-state index contributed by atoms with van der Waals surface area (Å²) in [5.74, 6) is -0.310. The smallest absolute Gasteiger partial charge is 0.317 e. The fraction of sp³-hybridized carbons (Fsp3) is 0.846. The van der Waals surface area contributed by atoms with E-state index in [-0.39, 0.29) is 11.9 Å². The van der Waals surface area contributed by atoms with Crippen molar-refractivity contribution < 1.29 is 9.59 Å². The normalized spacial score (nSPS) is 29.3. The zero-order chi connectivity index (χ0) is 13.2. The van der Waals surface area contributed by atoms with Gasteiger partial charge in [0, 0.05) is 19.1 Å². The van der Waals surface area contributed by atoms with E-state index in [0.717, 1.165) is 12.8 Å². The zero-order valence-electron chi connectivity index (χ0n) is 11.1. The van der Waals surface area contributed by atoms with E-state index in [1.54, 1.807) is 4.90 Å². The highest BCUT2D eigenvalue weighted by Gasteiger charge is 2.40. The molecule has 1 aliphatic carbocycles. The molecule has 1 heterocycles. The first kappa shape index (κ1) is 13.2. The molecule has 102 valence electrons. The van der Waals surface area contributed by atoms with Gasteiger partial charge in [-0.15, -0.1) is 0 Å². The molecule has 3 amide bonds. The molecule has 5 heteroatoms. The SMILES string of the molecule is CC1(C(N)=O)CCN(C(=O)NC2CCCCC2)C1. The second-order valence-electron chi connectivity index (χ2n) is 5.88. The highest BCUT2D eigenvalue weighted by Crippen LogP contribution is 2.29. The average molecular weight is 253 g/mol. The van der Waals surface area contributed by atoms with Crippen LogP contribution >= 0.6 is 0 Å². The van der Waals surface area contributed by atoms with E-state index in [1.165, 1.54) is 19.3 Å². The summed E-state index contributed by atoms with van der Waals surface area (Å²) in [6.45, 7) is 2.90. The summed E-state index contributed by atoms with van der Waals surface area (Å²) in [6.07, 6.45) is 6.49. The van der Waals surface area contributed by atoms with Gasteiger partial charge in [-0.1, -0.05) is 19.3 Å². The Morgan fingerprint density at radius 1 is 1.28 bits per heavy atom. The van der Waals surface area contributed by atoms with Gasteiger partial charge >= 0.3 is 6.03 Å². The van der Waals surface area contributed by atoms with E-state index >= 15 is 0 Å².